The van der Waals surface area contributed by atoms with Crippen LogP contribution in [0.4, 0.5) is 18.9 Å². The number of aromatic nitrogens is 2. The van der Waals surface area contributed by atoms with Crippen molar-refractivity contribution in [1.82, 2.24) is 10.2 Å². The van der Waals surface area contributed by atoms with Crippen molar-refractivity contribution in [2.24, 2.45) is 0 Å². The molecule has 0 spiro atoms. The van der Waals surface area contributed by atoms with Crippen LogP contribution in [-0.2, 0) is 6.54 Å². The molecule has 3 nitrogen and oxygen atoms in total. The Labute approximate surface area is 118 Å². The third kappa shape index (κ3) is 2.84. The van der Waals surface area contributed by atoms with Crippen molar-refractivity contribution in [3.8, 4) is 0 Å². The fourth-order valence-electron chi connectivity index (χ4n) is 2.11. The number of alkyl halides is 2. The number of aromatic amines is 1. The minimum atomic E-state index is -2.80. The van der Waals surface area contributed by atoms with Gasteiger partial charge in [0.1, 0.15) is 5.82 Å². The molecule has 0 saturated heterocycles. The van der Waals surface area contributed by atoms with Gasteiger partial charge in [0, 0.05) is 17.6 Å². The van der Waals surface area contributed by atoms with E-state index in [0.717, 1.165) is 28.7 Å². The molecule has 3 rings (SSSR count). The second-order valence-electron chi connectivity index (χ2n) is 4.68. The van der Waals surface area contributed by atoms with Gasteiger partial charge < -0.3 is 5.32 Å². The number of hydrogen-bond donors (Lipinski definition) is 2. The third-order valence-electron chi connectivity index (χ3n) is 3.24. The molecule has 3 aromatic rings. The van der Waals surface area contributed by atoms with Gasteiger partial charge in [-0.3, -0.25) is 5.10 Å². The van der Waals surface area contributed by atoms with E-state index in [2.05, 4.69) is 15.5 Å². The third-order valence-corrected chi connectivity index (χ3v) is 3.24. The molecule has 0 aliphatic heterocycles. The zero-order valence-corrected chi connectivity index (χ0v) is 10.9. The molecule has 0 aliphatic rings. The molecule has 0 amide bonds. The molecule has 0 saturated carbocycles. The lowest BCUT2D eigenvalue weighted by atomic mass is 10.1. The number of hydrogen-bond acceptors (Lipinski definition) is 2. The highest BCUT2D eigenvalue weighted by atomic mass is 19.3. The largest absolute Gasteiger partial charge is 0.381 e. The van der Waals surface area contributed by atoms with Gasteiger partial charge in [0.25, 0.3) is 6.43 Å². The number of H-pyrrole nitrogens is 1. The summed E-state index contributed by atoms with van der Waals surface area (Å²) in [4.78, 5) is 0. The monoisotopic (exact) mass is 291 g/mol. The molecule has 0 unspecified atom stereocenters. The summed E-state index contributed by atoms with van der Waals surface area (Å²) < 4.78 is 38.4. The maximum absolute atomic E-state index is 13.5. The van der Waals surface area contributed by atoms with Crippen LogP contribution in [-0.4, -0.2) is 10.2 Å². The molecular weight excluding hydrogens is 279 g/mol. The first-order valence-corrected chi connectivity index (χ1v) is 6.37. The molecule has 21 heavy (non-hydrogen) atoms. The zero-order chi connectivity index (χ0) is 14.8. The van der Waals surface area contributed by atoms with Crippen LogP contribution < -0.4 is 5.32 Å². The summed E-state index contributed by atoms with van der Waals surface area (Å²) in [5.41, 5.74) is 1.80. The topological polar surface area (TPSA) is 40.7 Å². The van der Waals surface area contributed by atoms with E-state index in [1.165, 1.54) is 6.07 Å². The average Bonchev–Trinajstić information content (AvgIpc) is 2.92. The Balaban J connectivity index is 1.73. The molecule has 2 aromatic carbocycles. The second kappa shape index (κ2) is 5.47. The summed E-state index contributed by atoms with van der Waals surface area (Å²) in [6, 6.07) is 9.40. The van der Waals surface area contributed by atoms with Crippen LogP contribution in [0.2, 0.25) is 0 Å². The van der Waals surface area contributed by atoms with Crippen molar-refractivity contribution in [2.75, 3.05) is 5.32 Å². The number of halogens is 3. The average molecular weight is 291 g/mol. The molecule has 0 aliphatic carbocycles. The van der Waals surface area contributed by atoms with Gasteiger partial charge in [0.05, 0.1) is 17.3 Å². The van der Waals surface area contributed by atoms with E-state index in [9.17, 15) is 13.2 Å². The molecule has 2 N–H and O–H groups in total. The number of rotatable bonds is 4. The molecule has 0 fully saturated rings. The van der Waals surface area contributed by atoms with Gasteiger partial charge in [-0.05, 0) is 29.8 Å². The van der Waals surface area contributed by atoms with Gasteiger partial charge in [0.15, 0.2) is 0 Å². The summed E-state index contributed by atoms with van der Waals surface area (Å²) in [7, 11) is 0. The van der Waals surface area contributed by atoms with Crippen molar-refractivity contribution in [2.45, 2.75) is 13.0 Å². The number of anilines is 1. The molecule has 1 heterocycles. The predicted molar refractivity (Wildman–Crippen MR) is 74.8 cm³/mol. The fourth-order valence-corrected chi connectivity index (χ4v) is 2.11. The first kappa shape index (κ1) is 13.5. The standard InChI is InChI=1S/C15H12F3N3/c16-13-5-9(1-3-12(13)15(17)18)7-19-11-2-4-14-10(6-11)8-20-21-14/h1-6,8,15,19H,7H2,(H,20,21). The van der Waals surface area contributed by atoms with Gasteiger partial charge in [-0.25, -0.2) is 13.2 Å². The summed E-state index contributed by atoms with van der Waals surface area (Å²) >= 11 is 0. The van der Waals surface area contributed by atoms with Crippen LogP contribution in [0.5, 0.6) is 0 Å². The Hall–Kier alpha value is -2.50. The van der Waals surface area contributed by atoms with Crippen molar-refractivity contribution >= 4 is 16.6 Å². The van der Waals surface area contributed by atoms with Crippen molar-refractivity contribution in [3.63, 3.8) is 0 Å². The maximum atomic E-state index is 13.5. The molecule has 108 valence electrons. The van der Waals surface area contributed by atoms with Gasteiger partial charge in [-0.15, -0.1) is 0 Å². The van der Waals surface area contributed by atoms with E-state index in [1.807, 2.05) is 18.2 Å². The Kier molecular flexibility index (Phi) is 3.51. The van der Waals surface area contributed by atoms with E-state index in [-0.39, 0.29) is 0 Å². The molecular formula is C15H12F3N3. The highest BCUT2D eigenvalue weighted by molar-refractivity contribution is 5.81. The first-order valence-electron chi connectivity index (χ1n) is 6.37. The zero-order valence-electron chi connectivity index (χ0n) is 10.9. The molecule has 6 heteroatoms. The van der Waals surface area contributed by atoms with Gasteiger partial charge >= 0.3 is 0 Å². The SMILES string of the molecule is Fc1cc(CNc2ccc3[nH]ncc3c2)ccc1C(F)F. The minimum Gasteiger partial charge on any atom is -0.381 e. The molecule has 0 bridgehead atoms. The molecule has 1 aromatic heterocycles. The maximum Gasteiger partial charge on any atom is 0.266 e. The van der Waals surface area contributed by atoms with Crippen LogP contribution in [0.15, 0.2) is 42.6 Å². The van der Waals surface area contributed by atoms with E-state index in [4.69, 9.17) is 0 Å². The Bertz CT molecular complexity index is 768. The van der Waals surface area contributed by atoms with Crippen molar-refractivity contribution in [1.29, 1.82) is 0 Å². The Morgan fingerprint density at radius 1 is 1.14 bits per heavy atom. The lowest BCUT2D eigenvalue weighted by Gasteiger charge is -2.08. The van der Waals surface area contributed by atoms with Gasteiger partial charge in [-0.2, -0.15) is 5.10 Å². The minimum absolute atomic E-state index is 0.351. The fraction of sp³-hybridized carbons (Fsp3) is 0.133. The van der Waals surface area contributed by atoms with Gasteiger partial charge in [-0.1, -0.05) is 12.1 Å². The van der Waals surface area contributed by atoms with Crippen LogP contribution in [0.3, 0.4) is 0 Å². The van der Waals surface area contributed by atoms with E-state index >= 15 is 0 Å². The summed E-state index contributed by atoms with van der Waals surface area (Å²) in [6.07, 6.45) is -1.09. The van der Waals surface area contributed by atoms with Crippen LogP contribution >= 0.6 is 0 Å². The highest BCUT2D eigenvalue weighted by Crippen LogP contribution is 2.23. The lowest BCUT2D eigenvalue weighted by molar-refractivity contribution is 0.146. The molecule has 0 radical (unpaired) electrons. The number of benzene rings is 2. The lowest BCUT2D eigenvalue weighted by Crippen LogP contribution is -2.01. The molecule has 0 atom stereocenters. The Morgan fingerprint density at radius 3 is 2.76 bits per heavy atom. The number of nitrogens with one attached hydrogen (secondary N) is 2. The van der Waals surface area contributed by atoms with E-state index < -0.39 is 17.8 Å². The Morgan fingerprint density at radius 2 is 2.00 bits per heavy atom. The summed E-state index contributed by atoms with van der Waals surface area (Å²) in [5, 5.41) is 10.9. The van der Waals surface area contributed by atoms with Crippen LogP contribution in [0.25, 0.3) is 10.9 Å². The van der Waals surface area contributed by atoms with Gasteiger partial charge in [0.2, 0.25) is 0 Å². The summed E-state index contributed by atoms with van der Waals surface area (Å²) in [5.74, 6) is -0.880. The normalized spacial score (nSPS) is 11.2. The second-order valence-corrected chi connectivity index (χ2v) is 4.68. The van der Waals surface area contributed by atoms with Crippen molar-refractivity contribution in [3.05, 3.63) is 59.5 Å². The number of nitrogens with zero attached hydrogens (tertiary/aromatic N) is 1. The predicted octanol–water partition coefficient (Wildman–Crippen LogP) is 4.25. The van der Waals surface area contributed by atoms with E-state index in [1.54, 1.807) is 6.20 Å². The van der Waals surface area contributed by atoms with Crippen LogP contribution in [0.1, 0.15) is 17.6 Å². The van der Waals surface area contributed by atoms with Crippen LogP contribution in [0, 0.1) is 5.82 Å². The number of fused-ring (bicyclic) bond motifs is 1. The highest BCUT2D eigenvalue weighted by Gasteiger charge is 2.13. The quantitative estimate of drug-likeness (QED) is 0.754. The van der Waals surface area contributed by atoms with Crippen molar-refractivity contribution < 1.29 is 13.2 Å². The first-order chi connectivity index (χ1) is 10.1. The summed E-state index contributed by atoms with van der Waals surface area (Å²) in [6.45, 7) is 0.351. The van der Waals surface area contributed by atoms with E-state index in [0.29, 0.717) is 12.1 Å². The smallest absolute Gasteiger partial charge is 0.266 e.